The van der Waals surface area contributed by atoms with Crippen molar-refractivity contribution in [2.45, 2.75) is 32.1 Å². The molecule has 2 aromatic carbocycles. The van der Waals surface area contributed by atoms with E-state index in [2.05, 4.69) is 25.8 Å². The SMILES string of the molecule is CC(C)C[C@@H](C)COc1ccc(-c2ccnc3ccccc23)cc1S(C)(=O)=O. The number of sulfone groups is 1. The molecule has 0 unspecified atom stereocenters. The fourth-order valence-corrected chi connectivity index (χ4v) is 4.37. The standard InChI is InChI=1S/C23H27NO3S/c1-16(2)13-17(3)15-27-22-10-9-18(14-23(22)28(4,25)26)19-11-12-24-21-8-6-5-7-20(19)21/h5-12,14,16-17H,13,15H2,1-4H3/t17-/m1/s1. The fourth-order valence-electron chi connectivity index (χ4n) is 3.54. The molecule has 0 fully saturated rings. The maximum absolute atomic E-state index is 12.4. The molecule has 5 heteroatoms. The lowest BCUT2D eigenvalue weighted by molar-refractivity contribution is 0.234. The number of para-hydroxylation sites is 1. The molecule has 0 saturated carbocycles. The second-order valence-electron chi connectivity index (χ2n) is 7.86. The van der Waals surface area contributed by atoms with E-state index < -0.39 is 9.84 Å². The molecule has 0 saturated heterocycles. The van der Waals surface area contributed by atoms with E-state index in [0.717, 1.165) is 28.5 Å². The summed E-state index contributed by atoms with van der Waals surface area (Å²) in [6, 6.07) is 15.1. The molecule has 148 valence electrons. The van der Waals surface area contributed by atoms with Crippen LogP contribution in [0.4, 0.5) is 0 Å². The summed E-state index contributed by atoms with van der Waals surface area (Å²) in [4.78, 5) is 4.61. The Morgan fingerprint density at radius 2 is 1.79 bits per heavy atom. The number of fused-ring (bicyclic) bond motifs is 1. The first-order chi connectivity index (χ1) is 13.3. The highest BCUT2D eigenvalue weighted by molar-refractivity contribution is 7.90. The van der Waals surface area contributed by atoms with Crippen molar-refractivity contribution in [2.24, 2.45) is 11.8 Å². The summed E-state index contributed by atoms with van der Waals surface area (Å²) >= 11 is 0. The molecule has 0 N–H and O–H groups in total. The Hall–Kier alpha value is -2.40. The molecule has 0 amide bonds. The van der Waals surface area contributed by atoms with Gasteiger partial charge in [-0.3, -0.25) is 4.98 Å². The molecular formula is C23H27NO3S. The van der Waals surface area contributed by atoms with Crippen LogP contribution in [0.1, 0.15) is 27.2 Å². The van der Waals surface area contributed by atoms with Crippen LogP contribution in [0.2, 0.25) is 0 Å². The summed E-state index contributed by atoms with van der Waals surface area (Å²) in [7, 11) is -3.43. The number of hydrogen-bond donors (Lipinski definition) is 0. The summed E-state index contributed by atoms with van der Waals surface area (Å²) in [5.74, 6) is 1.35. The van der Waals surface area contributed by atoms with E-state index in [4.69, 9.17) is 4.74 Å². The molecule has 0 radical (unpaired) electrons. The fraction of sp³-hybridized carbons (Fsp3) is 0.348. The molecule has 0 aliphatic heterocycles. The molecule has 1 aromatic heterocycles. The number of hydrogen-bond acceptors (Lipinski definition) is 4. The average molecular weight is 398 g/mol. The van der Waals surface area contributed by atoms with E-state index in [-0.39, 0.29) is 4.90 Å². The van der Waals surface area contributed by atoms with Crippen LogP contribution >= 0.6 is 0 Å². The molecule has 3 aromatic rings. The molecule has 1 atom stereocenters. The van der Waals surface area contributed by atoms with E-state index >= 15 is 0 Å². The van der Waals surface area contributed by atoms with E-state index in [1.165, 1.54) is 6.26 Å². The van der Waals surface area contributed by atoms with Crippen LogP contribution in [0.3, 0.4) is 0 Å². The van der Waals surface area contributed by atoms with Gasteiger partial charge in [0.1, 0.15) is 10.6 Å². The Morgan fingerprint density at radius 1 is 1.04 bits per heavy atom. The van der Waals surface area contributed by atoms with Gasteiger partial charge >= 0.3 is 0 Å². The van der Waals surface area contributed by atoms with Crippen molar-refractivity contribution in [2.75, 3.05) is 12.9 Å². The second-order valence-corrected chi connectivity index (χ2v) is 9.84. The third-order valence-electron chi connectivity index (χ3n) is 4.70. The van der Waals surface area contributed by atoms with Crippen LogP contribution in [0.15, 0.2) is 59.6 Å². The highest BCUT2D eigenvalue weighted by Crippen LogP contribution is 2.33. The highest BCUT2D eigenvalue weighted by atomic mass is 32.2. The largest absolute Gasteiger partial charge is 0.492 e. The van der Waals surface area contributed by atoms with Gasteiger partial charge in [0.25, 0.3) is 0 Å². The molecule has 0 aliphatic carbocycles. The first-order valence-corrected chi connectivity index (χ1v) is 11.5. The number of rotatable bonds is 7. The highest BCUT2D eigenvalue weighted by Gasteiger charge is 2.18. The van der Waals surface area contributed by atoms with Gasteiger partial charge in [-0.05, 0) is 53.6 Å². The number of aromatic nitrogens is 1. The van der Waals surface area contributed by atoms with Gasteiger partial charge in [-0.1, -0.05) is 45.0 Å². The lowest BCUT2D eigenvalue weighted by atomic mass is 10.00. The summed E-state index contributed by atoms with van der Waals surface area (Å²) < 4.78 is 30.8. The van der Waals surface area contributed by atoms with Gasteiger partial charge < -0.3 is 4.74 Å². The van der Waals surface area contributed by atoms with Crippen LogP contribution in [0, 0.1) is 11.8 Å². The lowest BCUT2D eigenvalue weighted by Gasteiger charge is -2.17. The van der Waals surface area contributed by atoms with Crippen molar-refractivity contribution >= 4 is 20.7 Å². The minimum absolute atomic E-state index is 0.225. The monoisotopic (exact) mass is 397 g/mol. The average Bonchev–Trinajstić information content (AvgIpc) is 2.64. The van der Waals surface area contributed by atoms with E-state index in [0.29, 0.717) is 24.2 Å². The summed E-state index contributed by atoms with van der Waals surface area (Å²) in [6.07, 6.45) is 4.01. The van der Waals surface area contributed by atoms with Gasteiger partial charge in [-0.2, -0.15) is 0 Å². The number of benzene rings is 2. The van der Waals surface area contributed by atoms with Gasteiger partial charge in [-0.25, -0.2) is 8.42 Å². The maximum atomic E-state index is 12.4. The zero-order valence-corrected chi connectivity index (χ0v) is 17.7. The molecule has 0 bridgehead atoms. The van der Waals surface area contributed by atoms with Crippen LogP contribution in [-0.2, 0) is 9.84 Å². The third-order valence-corrected chi connectivity index (χ3v) is 5.82. The molecular weight excluding hydrogens is 370 g/mol. The van der Waals surface area contributed by atoms with E-state index in [9.17, 15) is 8.42 Å². The second kappa shape index (κ2) is 8.31. The zero-order chi connectivity index (χ0) is 20.3. The van der Waals surface area contributed by atoms with Crippen molar-refractivity contribution in [3.63, 3.8) is 0 Å². The molecule has 3 rings (SSSR count). The Kier molecular flexibility index (Phi) is 6.04. The van der Waals surface area contributed by atoms with E-state index in [1.807, 2.05) is 36.4 Å². The number of nitrogens with zero attached hydrogens (tertiary/aromatic N) is 1. The van der Waals surface area contributed by atoms with Gasteiger partial charge in [0.15, 0.2) is 9.84 Å². The maximum Gasteiger partial charge on any atom is 0.179 e. The minimum atomic E-state index is -3.43. The van der Waals surface area contributed by atoms with Crippen molar-refractivity contribution < 1.29 is 13.2 Å². The molecule has 28 heavy (non-hydrogen) atoms. The topological polar surface area (TPSA) is 56.3 Å². The smallest absolute Gasteiger partial charge is 0.179 e. The lowest BCUT2D eigenvalue weighted by Crippen LogP contribution is -2.12. The molecule has 1 heterocycles. The minimum Gasteiger partial charge on any atom is -0.492 e. The van der Waals surface area contributed by atoms with Crippen LogP contribution < -0.4 is 4.74 Å². The molecule has 0 spiro atoms. The molecule has 0 aliphatic rings. The first kappa shape index (κ1) is 20.3. The van der Waals surface area contributed by atoms with Crippen LogP contribution in [-0.4, -0.2) is 26.3 Å². The van der Waals surface area contributed by atoms with Crippen molar-refractivity contribution in [1.82, 2.24) is 4.98 Å². The Balaban J connectivity index is 1.99. The quantitative estimate of drug-likeness (QED) is 0.538. The summed E-state index contributed by atoms with van der Waals surface area (Å²) in [6.45, 7) is 6.97. The van der Waals surface area contributed by atoms with Gasteiger partial charge in [0.05, 0.1) is 12.1 Å². The third kappa shape index (κ3) is 4.71. The zero-order valence-electron chi connectivity index (χ0n) is 16.8. The van der Waals surface area contributed by atoms with Crippen molar-refractivity contribution in [3.05, 3.63) is 54.7 Å². The van der Waals surface area contributed by atoms with Gasteiger partial charge in [-0.15, -0.1) is 0 Å². The van der Waals surface area contributed by atoms with Crippen molar-refractivity contribution in [1.29, 1.82) is 0 Å². The summed E-state index contributed by atoms with van der Waals surface area (Å²) in [5.41, 5.74) is 2.67. The van der Waals surface area contributed by atoms with Gasteiger partial charge in [0, 0.05) is 17.8 Å². The number of ether oxygens (including phenoxy) is 1. The van der Waals surface area contributed by atoms with E-state index in [1.54, 1.807) is 18.3 Å². The normalized spacial score (nSPS) is 13.0. The first-order valence-electron chi connectivity index (χ1n) is 9.56. The predicted molar refractivity (Wildman–Crippen MR) is 114 cm³/mol. The van der Waals surface area contributed by atoms with Crippen LogP contribution in [0.5, 0.6) is 5.75 Å². The number of pyridine rings is 1. The van der Waals surface area contributed by atoms with Gasteiger partial charge in [0.2, 0.25) is 0 Å². The van der Waals surface area contributed by atoms with Crippen LogP contribution in [0.25, 0.3) is 22.0 Å². The Morgan fingerprint density at radius 3 is 2.50 bits per heavy atom. The summed E-state index contributed by atoms with van der Waals surface area (Å²) in [5, 5.41) is 0.990. The van der Waals surface area contributed by atoms with Crippen molar-refractivity contribution in [3.8, 4) is 16.9 Å². The Labute approximate surface area is 167 Å². The predicted octanol–water partition coefficient (Wildman–Crippen LogP) is 5.37. The molecule has 4 nitrogen and oxygen atoms in total. The Bertz CT molecular complexity index is 1070.